The molecule has 0 fully saturated rings. The van der Waals surface area contributed by atoms with Gasteiger partial charge in [0.25, 0.3) is 0 Å². The lowest BCUT2D eigenvalue weighted by Crippen LogP contribution is -2.35. The summed E-state index contributed by atoms with van der Waals surface area (Å²) in [4.78, 5) is 11.7. The third-order valence-electron chi connectivity index (χ3n) is 2.91. The first-order valence-electron chi connectivity index (χ1n) is 6.63. The Morgan fingerprint density at radius 1 is 1.50 bits per heavy atom. The van der Waals surface area contributed by atoms with Crippen molar-refractivity contribution in [2.45, 2.75) is 44.4 Å². The molecule has 1 amide bonds. The number of sulfonamides is 1. The average Bonchev–Trinajstić information content (AvgIpc) is 2.37. The molecule has 0 saturated heterocycles. The van der Waals surface area contributed by atoms with E-state index in [2.05, 4.69) is 10.0 Å². The number of hydrogen-bond donors (Lipinski definition) is 2. The quantitative estimate of drug-likeness (QED) is 0.701. The largest absolute Gasteiger partial charge is 0.350 e. The molecule has 1 unspecified atom stereocenters. The van der Waals surface area contributed by atoms with Crippen molar-refractivity contribution in [3.8, 4) is 0 Å². The van der Waals surface area contributed by atoms with Crippen molar-refractivity contribution in [3.05, 3.63) is 23.3 Å². The normalized spacial score (nSPS) is 19.0. The van der Waals surface area contributed by atoms with Crippen LogP contribution in [0.15, 0.2) is 23.3 Å². The minimum atomic E-state index is -3.24. The molecule has 0 spiro atoms. The smallest absolute Gasteiger partial charge is 0.220 e. The maximum absolute atomic E-state index is 11.7. The summed E-state index contributed by atoms with van der Waals surface area (Å²) in [5.74, 6) is -0.0881. The summed E-state index contributed by atoms with van der Waals surface area (Å²) in [6, 6.07) is -0.0302. The maximum atomic E-state index is 11.7. The Morgan fingerprint density at radius 2 is 2.20 bits per heavy atom. The second-order valence-electron chi connectivity index (χ2n) is 4.95. The second kappa shape index (κ2) is 7.81. The van der Waals surface area contributed by atoms with E-state index >= 15 is 0 Å². The van der Waals surface area contributed by atoms with Crippen molar-refractivity contribution in [3.63, 3.8) is 0 Å². The number of nitrogens with one attached hydrogen (secondary N) is 2. The van der Waals surface area contributed by atoms with Gasteiger partial charge in [-0.25, -0.2) is 13.1 Å². The maximum Gasteiger partial charge on any atom is 0.220 e. The SMILES string of the molecule is CC(C)S(=O)(=O)NCCCC(=O)NC1C=CC(Cl)=CC1. The van der Waals surface area contributed by atoms with E-state index in [4.69, 9.17) is 11.6 Å². The highest BCUT2D eigenvalue weighted by Crippen LogP contribution is 2.13. The van der Waals surface area contributed by atoms with Crippen LogP contribution in [0.3, 0.4) is 0 Å². The van der Waals surface area contributed by atoms with E-state index in [1.165, 1.54) is 0 Å². The zero-order chi connectivity index (χ0) is 15.2. The van der Waals surface area contributed by atoms with Crippen LogP contribution >= 0.6 is 11.6 Å². The first-order valence-corrected chi connectivity index (χ1v) is 8.55. The van der Waals surface area contributed by atoms with Gasteiger partial charge in [0.15, 0.2) is 0 Å². The fourth-order valence-corrected chi connectivity index (χ4v) is 2.53. The van der Waals surface area contributed by atoms with Gasteiger partial charge in [-0.1, -0.05) is 23.8 Å². The van der Waals surface area contributed by atoms with Crippen LogP contribution in [0.5, 0.6) is 0 Å². The van der Waals surface area contributed by atoms with Crippen molar-refractivity contribution in [2.24, 2.45) is 0 Å². The van der Waals surface area contributed by atoms with Gasteiger partial charge in [0.1, 0.15) is 0 Å². The number of carbonyl (C=O) groups is 1. The fraction of sp³-hybridized carbons (Fsp3) is 0.615. The van der Waals surface area contributed by atoms with E-state index in [1.54, 1.807) is 19.9 Å². The summed E-state index contributed by atoms with van der Waals surface area (Å²) in [5.41, 5.74) is 0. The molecule has 1 atom stereocenters. The minimum Gasteiger partial charge on any atom is -0.350 e. The highest BCUT2D eigenvalue weighted by Gasteiger charge is 2.15. The molecule has 1 rings (SSSR count). The van der Waals surface area contributed by atoms with Gasteiger partial charge in [-0.3, -0.25) is 4.79 Å². The van der Waals surface area contributed by atoms with Crippen LogP contribution in [0.4, 0.5) is 0 Å². The molecule has 0 aromatic rings. The highest BCUT2D eigenvalue weighted by molar-refractivity contribution is 7.90. The van der Waals surface area contributed by atoms with Crippen LogP contribution in [0.2, 0.25) is 0 Å². The van der Waals surface area contributed by atoms with E-state index in [0.717, 1.165) is 0 Å². The van der Waals surface area contributed by atoms with Crippen LogP contribution in [0.25, 0.3) is 0 Å². The summed E-state index contributed by atoms with van der Waals surface area (Å²) in [6.07, 6.45) is 6.91. The second-order valence-corrected chi connectivity index (χ2v) is 7.71. The minimum absolute atomic E-state index is 0.0302. The summed E-state index contributed by atoms with van der Waals surface area (Å²) in [6.45, 7) is 3.51. The number of amides is 1. The Bertz CT molecular complexity index is 498. The lowest BCUT2D eigenvalue weighted by Gasteiger charge is -2.16. The van der Waals surface area contributed by atoms with Crippen LogP contribution in [-0.2, 0) is 14.8 Å². The van der Waals surface area contributed by atoms with Gasteiger partial charge in [-0.05, 0) is 32.8 Å². The van der Waals surface area contributed by atoms with E-state index in [0.29, 0.717) is 24.3 Å². The van der Waals surface area contributed by atoms with Crippen molar-refractivity contribution in [1.29, 1.82) is 0 Å². The van der Waals surface area contributed by atoms with Gasteiger partial charge in [0.2, 0.25) is 15.9 Å². The summed E-state index contributed by atoms with van der Waals surface area (Å²) >= 11 is 5.79. The summed E-state index contributed by atoms with van der Waals surface area (Å²) in [7, 11) is -3.24. The van der Waals surface area contributed by atoms with Crippen LogP contribution < -0.4 is 10.0 Å². The van der Waals surface area contributed by atoms with Gasteiger partial charge in [0.05, 0.1) is 11.3 Å². The Morgan fingerprint density at radius 3 is 2.75 bits per heavy atom. The number of carbonyl (C=O) groups excluding carboxylic acids is 1. The molecular weight excluding hydrogens is 300 g/mol. The predicted molar refractivity (Wildman–Crippen MR) is 80.9 cm³/mol. The van der Waals surface area contributed by atoms with E-state index < -0.39 is 15.3 Å². The molecule has 114 valence electrons. The Kier molecular flexibility index (Phi) is 6.71. The van der Waals surface area contributed by atoms with E-state index in [-0.39, 0.29) is 18.5 Å². The van der Waals surface area contributed by atoms with Gasteiger partial charge in [-0.2, -0.15) is 0 Å². The van der Waals surface area contributed by atoms with Crippen LogP contribution in [0, 0.1) is 0 Å². The summed E-state index contributed by atoms with van der Waals surface area (Å²) in [5, 5.41) is 3.07. The predicted octanol–water partition coefficient (Wildman–Crippen LogP) is 1.66. The van der Waals surface area contributed by atoms with Crippen molar-refractivity contribution < 1.29 is 13.2 Å². The van der Waals surface area contributed by atoms with Crippen molar-refractivity contribution in [2.75, 3.05) is 6.54 Å². The molecule has 5 nitrogen and oxygen atoms in total. The van der Waals surface area contributed by atoms with E-state index in [1.807, 2.05) is 12.2 Å². The number of allylic oxidation sites excluding steroid dienone is 2. The third kappa shape index (κ3) is 6.07. The van der Waals surface area contributed by atoms with E-state index in [9.17, 15) is 13.2 Å². The Balaban J connectivity index is 2.20. The van der Waals surface area contributed by atoms with Crippen molar-refractivity contribution in [1.82, 2.24) is 10.0 Å². The van der Waals surface area contributed by atoms with Crippen LogP contribution in [0.1, 0.15) is 33.1 Å². The number of rotatable bonds is 7. The molecule has 0 aromatic carbocycles. The molecular formula is C13H21ClN2O3S. The van der Waals surface area contributed by atoms with Crippen molar-refractivity contribution >= 4 is 27.5 Å². The average molecular weight is 321 g/mol. The van der Waals surface area contributed by atoms with Gasteiger partial charge in [-0.15, -0.1) is 0 Å². The number of hydrogen-bond acceptors (Lipinski definition) is 3. The van der Waals surface area contributed by atoms with Crippen LogP contribution in [-0.4, -0.2) is 32.2 Å². The molecule has 1 aliphatic rings. The lowest BCUT2D eigenvalue weighted by atomic mass is 10.1. The number of halogens is 1. The lowest BCUT2D eigenvalue weighted by molar-refractivity contribution is -0.121. The van der Waals surface area contributed by atoms with Gasteiger partial charge >= 0.3 is 0 Å². The topological polar surface area (TPSA) is 75.3 Å². The molecule has 2 N–H and O–H groups in total. The molecule has 7 heteroatoms. The Hall–Kier alpha value is -0.850. The molecule has 1 aliphatic carbocycles. The molecule has 0 heterocycles. The standard InChI is InChI=1S/C13H21ClN2O3S/c1-10(2)20(18,19)15-9-3-4-13(17)16-12-7-5-11(14)6-8-12/h5-7,10,12,15H,3-4,8-9H2,1-2H3,(H,16,17). The first-order chi connectivity index (χ1) is 9.31. The van der Waals surface area contributed by atoms with Gasteiger partial charge < -0.3 is 5.32 Å². The molecule has 0 aliphatic heterocycles. The molecule has 20 heavy (non-hydrogen) atoms. The third-order valence-corrected chi connectivity index (χ3v) is 5.03. The zero-order valence-corrected chi connectivity index (χ0v) is 13.3. The van der Waals surface area contributed by atoms with Gasteiger partial charge in [0, 0.05) is 18.0 Å². The molecule has 0 radical (unpaired) electrons. The first kappa shape index (κ1) is 17.2. The summed E-state index contributed by atoms with van der Waals surface area (Å²) < 4.78 is 25.4. The molecule has 0 aromatic heterocycles. The zero-order valence-electron chi connectivity index (χ0n) is 11.7. The Labute approximate surface area is 125 Å². The molecule has 0 saturated carbocycles. The molecule has 0 bridgehead atoms. The highest BCUT2D eigenvalue weighted by atomic mass is 35.5. The monoisotopic (exact) mass is 320 g/mol. The fourth-order valence-electron chi connectivity index (χ4n) is 1.61.